The number of carboxylic acid groups (broad SMARTS) is 1. The van der Waals surface area contributed by atoms with Crippen molar-refractivity contribution in [3.8, 4) is 0 Å². The van der Waals surface area contributed by atoms with Crippen LogP contribution in [0.3, 0.4) is 0 Å². The summed E-state index contributed by atoms with van der Waals surface area (Å²) in [6, 6.07) is 0. The number of hydrogen-bond acceptors (Lipinski definition) is 1. The highest BCUT2D eigenvalue weighted by Gasteiger charge is 2.18. The molecule has 1 atom stereocenters. The largest absolute Gasteiger partial charge is 0.481 e. The molecule has 0 aromatic carbocycles. The van der Waals surface area contributed by atoms with Crippen molar-refractivity contribution in [2.24, 2.45) is 11.8 Å². The summed E-state index contributed by atoms with van der Waals surface area (Å²) in [5, 5.41) is 9.31. The SMILES string of the molecule is CC(C)CCC(CC(Cl)=CCl)C(=O)O. The highest BCUT2D eigenvalue weighted by molar-refractivity contribution is 6.36. The van der Waals surface area contributed by atoms with Crippen LogP contribution in [0.1, 0.15) is 33.1 Å². The van der Waals surface area contributed by atoms with Crippen LogP contribution in [0, 0.1) is 11.8 Å². The number of carboxylic acids is 1. The molecule has 0 aliphatic carbocycles. The summed E-state index contributed by atoms with van der Waals surface area (Å²) < 4.78 is 0. The van der Waals surface area contributed by atoms with Crippen LogP contribution >= 0.6 is 23.2 Å². The molecule has 0 saturated heterocycles. The maximum atomic E-state index is 10.8. The summed E-state index contributed by atoms with van der Waals surface area (Å²) in [4.78, 5) is 10.8. The Bertz CT molecular complexity index is 212. The molecule has 0 aromatic rings. The van der Waals surface area contributed by atoms with Gasteiger partial charge in [-0.25, -0.2) is 0 Å². The van der Waals surface area contributed by atoms with Crippen molar-refractivity contribution in [3.05, 3.63) is 10.6 Å². The molecule has 0 radical (unpaired) electrons. The van der Waals surface area contributed by atoms with E-state index in [9.17, 15) is 4.79 Å². The van der Waals surface area contributed by atoms with Gasteiger partial charge in [0.05, 0.1) is 5.92 Å². The van der Waals surface area contributed by atoms with E-state index in [1.807, 2.05) is 0 Å². The first kappa shape index (κ1) is 13.8. The van der Waals surface area contributed by atoms with Crippen molar-refractivity contribution in [1.29, 1.82) is 0 Å². The lowest BCUT2D eigenvalue weighted by Gasteiger charge is -2.12. The van der Waals surface area contributed by atoms with Crippen molar-refractivity contribution in [2.45, 2.75) is 33.1 Å². The predicted octanol–water partition coefficient (Wildman–Crippen LogP) is 3.83. The Hall–Kier alpha value is -0.210. The summed E-state index contributed by atoms with van der Waals surface area (Å²) in [6.45, 7) is 4.13. The van der Waals surface area contributed by atoms with Crippen LogP contribution in [0.5, 0.6) is 0 Å². The fraction of sp³-hybridized carbons (Fsp3) is 0.700. The van der Waals surface area contributed by atoms with E-state index in [1.165, 1.54) is 5.54 Å². The van der Waals surface area contributed by atoms with E-state index < -0.39 is 11.9 Å². The third kappa shape index (κ3) is 6.28. The van der Waals surface area contributed by atoms with Gasteiger partial charge in [-0.15, -0.1) is 0 Å². The number of halogens is 2. The Morgan fingerprint density at radius 1 is 1.43 bits per heavy atom. The molecule has 14 heavy (non-hydrogen) atoms. The van der Waals surface area contributed by atoms with Crippen LogP contribution in [0.25, 0.3) is 0 Å². The Morgan fingerprint density at radius 3 is 2.36 bits per heavy atom. The lowest BCUT2D eigenvalue weighted by Crippen LogP contribution is -2.14. The Kier molecular flexibility index (Phi) is 7.02. The first-order valence-corrected chi connectivity index (χ1v) is 5.46. The average Bonchev–Trinajstić information content (AvgIpc) is 2.10. The van der Waals surface area contributed by atoms with Gasteiger partial charge in [0, 0.05) is 10.6 Å². The van der Waals surface area contributed by atoms with Gasteiger partial charge < -0.3 is 5.11 Å². The molecule has 0 amide bonds. The number of carbonyl (C=O) groups is 1. The van der Waals surface area contributed by atoms with E-state index in [2.05, 4.69) is 13.8 Å². The number of hydrogen-bond donors (Lipinski definition) is 1. The van der Waals surface area contributed by atoms with Gasteiger partial charge in [0.1, 0.15) is 0 Å². The smallest absolute Gasteiger partial charge is 0.306 e. The normalized spacial score (nSPS) is 14.5. The van der Waals surface area contributed by atoms with Crippen molar-refractivity contribution >= 4 is 29.2 Å². The Morgan fingerprint density at radius 2 is 2.00 bits per heavy atom. The second kappa shape index (κ2) is 7.13. The zero-order chi connectivity index (χ0) is 11.1. The third-order valence-corrected chi connectivity index (χ3v) is 2.64. The zero-order valence-electron chi connectivity index (χ0n) is 8.46. The van der Waals surface area contributed by atoms with Crippen molar-refractivity contribution in [2.75, 3.05) is 0 Å². The minimum Gasteiger partial charge on any atom is -0.481 e. The lowest BCUT2D eigenvalue weighted by molar-refractivity contribution is -0.141. The van der Waals surface area contributed by atoms with E-state index in [0.29, 0.717) is 23.8 Å². The quantitative estimate of drug-likeness (QED) is 0.764. The van der Waals surface area contributed by atoms with E-state index in [0.717, 1.165) is 6.42 Å². The molecule has 0 bridgehead atoms. The summed E-state index contributed by atoms with van der Waals surface area (Å²) in [5.74, 6) is -0.710. The zero-order valence-corrected chi connectivity index (χ0v) is 9.98. The molecule has 82 valence electrons. The molecular formula is C10H16Cl2O2. The second-order valence-electron chi connectivity index (χ2n) is 3.77. The fourth-order valence-corrected chi connectivity index (χ4v) is 1.40. The minimum absolute atomic E-state index is 0.326. The van der Waals surface area contributed by atoms with Gasteiger partial charge in [0.15, 0.2) is 0 Å². The molecule has 0 aliphatic heterocycles. The summed E-state index contributed by atoms with van der Waals surface area (Å²) >= 11 is 11.1. The maximum Gasteiger partial charge on any atom is 0.306 e. The van der Waals surface area contributed by atoms with Crippen LogP contribution in [0.2, 0.25) is 0 Å². The van der Waals surface area contributed by atoms with Crippen molar-refractivity contribution < 1.29 is 9.90 Å². The van der Waals surface area contributed by atoms with Gasteiger partial charge in [0.25, 0.3) is 0 Å². The van der Waals surface area contributed by atoms with Crippen LogP contribution in [0.4, 0.5) is 0 Å². The van der Waals surface area contributed by atoms with Gasteiger partial charge in [-0.2, -0.15) is 0 Å². The van der Waals surface area contributed by atoms with Gasteiger partial charge >= 0.3 is 5.97 Å². The van der Waals surface area contributed by atoms with E-state index in [4.69, 9.17) is 28.3 Å². The van der Waals surface area contributed by atoms with Gasteiger partial charge in [-0.3, -0.25) is 4.79 Å². The average molecular weight is 239 g/mol. The fourth-order valence-electron chi connectivity index (χ4n) is 1.13. The lowest BCUT2D eigenvalue weighted by atomic mass is 9.95. The molecular weight excluding hydrogens is 223 g/mol. The van der Waals surface area contributed by atoms with Crippen LogP contribution in [0.15, 0.2) is 10.6 Å². The van der Waals surface area contributed by atoms with Gasteiger partial charge in [-0.05, 0) is 18.8 Å². The maximum absolute atomic E-state index is 10.8. The first-order valence-electron chi connectivity index (χ1n) is 4.65. The number of allylic oxidation sites excluding steroid dienone is 1. The summed E-state index contributed by atoms with van der Waals surface area (Å²) in [7, 11) is 0. The Balaban J connectivity index is 4.10. The molecule has 1 unspecified atom stereocenters. The van der Waals surface area contributed by atoms with Crippen molar-refractivity contribution in [3.63, 3.8) is 0 Å². The third-order valence-electron chi connectivity index (χ3n) is 2.00. The van der Waals surface area contributed by atoms with Gasteiger partial charge in [0.2, 0.25) is 0 Å². The van der Waals surface area contributed by atoms with Crippen LogP contribution < -0.4 is 0 Å². The molecule has 0 saturated carbocycles. The van der Waals surface area contributed by atoms with Crippen LogP contribution in [-0.4, -0.2) is 11.1 Å². The second-order valence-corrected chi connectivity index (χ2v) is 4.47. The van der Waals surface area contributed by atoms with Crippen LogP contribution in [-0.2, 0) is 4.79 Å². The predicted molar refractivity (Wildman–Crippen MR) is 59.6 cm³/mol. The van der Waals surface area contributed by atoms with Gasteiger partial charge in [-0.1, -0.05) is 43.5 Å². The summed E-state index contributed by atoms with van der Waals surface area (Å²) in [6.07, 6.45) is 1.87. The molecule has 1 N–H and O–H groups in total. The number of aliphatic carboxylic acids is 1. The first-order chi connectivity index (χ1) is 6.47. The molecule has 0 rings (SSSR count). The van der Waals surface area contributed by atoms with E-state index in [1.54, 1.807) is 0 Å². The number of rotatable bonds is 6. The van der Waals surface area contributed by atoms with Crippen molar-refractivity contribution in [1.82, 2.24) is 0 Å². The highest BCUT2D eigenvalue weighted by atomic mass is 35.5. The van der Waals surface area contributed by atoms with E-state index >= 15 is 0 Å². The molecule has 0 fully saturated rings. The highest BCUT2D eigenvalue weighted by Crippen LogP contribution is 2.22. The molecule has 0 spiro atoms. The standard InChI is InChI=1S/C10H16Cl2O2/c1-7(2)3-4-8(10(13)14)5-9(12)6-11/h6-8H,3-5H2,1-2H3,(H,13,14). The van der Waals surface area contributed by atoms with E-state index in [-0.39, 0.29) is 0 Å². The topological polar surface area (TPSA) is 37.3 Å². The molecule has 0 aromatic heterocycles. The monoisotopic (exact) mass is 238 g/mol. The summed E-state index contributed by atoms with van der Waals surface area (Å²) in [5.41, 5.74) is 1.23. The molecule has 2 nitrogen and oxygen atoms in total. The molecule has 4 heteroatoms. The molecule has 0 heterocycles. The molecule has 0 aliphatic rings. The Labute approximate surface area is 94.9 Å². The minimum atomic E-state index is -0.803.